The van der Waals surface area contributed by atoms with Crippen LogP contribution in [0.1, 0.15) is 31.8 Å². The molecule has 0 aliphatic carbocycles. The summed E-state index contributed by atoms with van der Waals surface area (Å²) in [5.74, 6) is 1.64. The van der Waals surface area contributed by atoms with Crippen molar-refractivity contribution in [3.8, 4) is 85.1 Å². The number of carbonyl (C=O) groups is 2. The van der Waals surface area contributed by atoms with Crippen molar-refractivity contribution in [3.63, 3.8) is 0 Å². The topological polar surface area (TPSA) is 141 Å². The minimum atomic E-state index is -0.501. The molecule has 0 radical (unpaired) electrons. The van der Waals surface area contributed by atoms with Crippen molar-refractivity contribution < 1.29 is 19.1 Å². The van der Waals surface area contributed by atoms with Crippen LogP contribution in [-0.2, 0) is 22.7 Å². The molecule has 13 nitrogen and oxygen atoms in total. The Balaban J connectivity index is 0.801. The molecule has 0 saturated carbocycles. The van der Waals surface area contributed by atoms with Gasteiger partial charge in [-0.2, -0.15) is 0 Å². The second-order valence-corrected chi connectivity index (χ2v) is 26.8. The Labute approximate surface area is 623 Å². The van der Waals surface area contributed by atoms with Gasteiger partial charge in [0.2, 0.25) is 0 Å². The van der Waals surface area contributed by atoms with E-state index < -0.39 is 11.9 Å². The second kappa shape index (κ2) is 27.6. The van der Waals surface area contributed by atoms with Gasteiger partial charge in [0.05, 0.1) is 27.8 Å². The number of anilines is 6. The average Bonchev–Trinajstić information content (AvgIpc) is 0.822. The minimum Gasteiger partial charge on any atom is -0.457 e. The molecule has 0 amide bonds. The van der Waals surface area contributed by atoms with Gasteiger partial charge in [0, 0.05) is 78.3 Å². The van der Waals surface area contributed by atoms with Gasteiger partial charge in [0.25, 0.3) is 6.71 Å². The molecular formula is C94H62BN9O4. The standard InChI is InChI=1S/C94H62BN9O4/c105-93(107-59-61-26-8-1-9-27-61)69-49-52-79-74(55-69)75-56-70(94(106)108-60-62-28-10-2-11-29-62)50-53-80(75)104(79)81-51-48-68(91-98-87(64-30-12-3-13-31-64)96-88(99-91)65-32-14-4-15-33-65)54-76(81)92-100-89(66-34-16-5-17-35-66)97-90(101-92)67-46-44-63(45-47-67)71-57-84-86-85(58-71)103(73-38-20-7-21-39-73)83-43-25-23-41-78(83)95(86)77-40-22-24-42-82(77)102(84)72-36-18-6-19-37-72/h1-58H,59-60H2. The van der Waals surface area contributed by atoms with Gasteiger partial charge in [0.15, 0.2) is 34.9 Å². The van der Waals surface area contributed by atoms with Crippen molar-refractivity contribution in [2.75, 3.05) is 9.80 Å². The molecule has 0 atom stereocenters. The lowest BCUT2D eigenvalue weighted by Gasteiger charge is -2.44. The van der Waals surface area contributed by atoms with Gasteiger partial charge in [-0.15, -0.1) is 0 Å². The van der Waals surface area contributed by atoms with E-state index in [1.807, 2.05) is 194 Å². The average molecular weight is 1390 g/mol. The molecule has 2 aliphatic heterocycles. The van der Waals surface area contributed by atoms with Crippen LogP contribution in [-0.4, -0.2) is 53.1 Å². The number of hydrogen-bond donors (Lipinski definition) is 0. The van der Waals surface area contributed by atoms with E-state index in [0.29, 0.717) is 73.7 Å². The molecule has 0 fully saturated rings. The molecule has 17 aromatic rings. The number of fused-ring (bicyclic) bond motifs is 7. The fourth-order valence-corrected chi connectivity index (χ4v) is 15.1. The molecule has 19 rings (SSSR count). The van der Waals surface area contributed by atoms with Gasteiger partial charge in [0.1, 0.15) is 13.2 Å². The molecule has 0 unspecified atom stereocenters. The summed E-state index contributed by atoms with van der Waals surface area (Å²) in [6.07, 6.45) is 0. The number of benzene rings is 14. The maximum atomic E-state index is 14.2. The molecule has 0 bridgehead atoms. The predicted molar refractivity (Wildman–Crippen MR) is 431 cm³/mol. The van der Waals surface area contributed by atoms with E-state index in [0.717, 1.165) is 89.7 Å². The summed E-state index contributed by atoms with van der Waals surface area (Å²) in [6, 6.07) is 118. The second-order valence-electron chi connectivity index (χ2n) is 26.8. The largest absolute Gasteiger partial charge is 0.457 e. The van der Waals surface area contributed by atoms with Gasteiger partial charge in [-0.1, -0.05) is 249 Å². The van der Waals surface area contributed by atoms with Crippen LogP contribution in [0.2, 0.25) is 0 Å². The van der Waals surface area contributed by atoms with Crippen LogP contribution in [0.5, 0.6) is 0 Å². The fourth-order valence-electron chi connectivity index (χ4n) is 15.1. The highest BCUT2D eigenvalue weighted by Crippen LogP contribution is 2.47. The summed E-state index contributed by atoms with van der Waals surface area (Å²) in [7, 11) is 0. The lowest BCUT2D eigenvalue weighted by atomic mass is 9.33. The molecular weight excluding hydrogens is 1330 g/mol. The number of esters is 2. The Morgan fingerprint density at radius 3 is 1.07 bits per heavy atom. The summed E-state index contributed by atoms with van der Waals surface area (Å²) >= 11 is 0. The van der Waals surface area contributed by atoms with Crippen LogP contribution >= 0.6 is 0 Å². The van der Waals surface area contributed by atoms with Crippen molar-refractivity contribution in [2.24, 2.45) is 0 Å². The van der Waals surface area contributed by atoms with Gasteiger partial charge in [-0.25, -0.2) is 39.5 Å². The maximum absolute atomic E-state index is 14.2. The third-order valence-corrected chi connectivity index (χ3v) is 20.2. The lowest BCUT2D eigenvalue weighted by Crippen LogP contribution is -2.61. The van der Waals surface area contributed by atoms with Crippen LogP contribution < -0.4 is 26.2 Å². The molecule has 0 N–H and O–H groups in total. The van der Waals surface area contributed by atoms with Gasteiger partial charge in [-0.05, 0) is 142 Å². The Hall–Kier alpha value is -14.5. The van der Waals surface area contributed by atoms with Gasteiger partial charge < -0.3 is 23.8 Å². The molecule has 108 heavy (non-hydrogen) atoms. The summed E-state index contributed by atoms with van der Waals surface area (Å²) in [6.45, 7) is 0.130. The summed E-state index contributed by atoms with van der Waals surface area (Å²) in [5.41, 5.74) is 21.2. The van der Waals surface area contributed by atoms with Gasteiger partial charge >= 0.3 is 11.9 Å². The van der Waals surface area contributed by atoms with E-state index in [1.165, 1.54) is 16.4 Å². The Bertz CT molecular complexity index is 6020. The Kier molecular flexibility index (Phi) is 16.4. The zero-order valence-corrected chi connectivity index (χ0v) is 58.1. The number of aromatic nitrogens is 7. The summed E-state index contributed by atoms with van der Waals surface area (Å²) in [5, 5.41) is 1.37. The van der Waals surface area contributed by atoms with Crippen molar-refractivity contribution in [1.82, 2.24) is 34.5 Å². The molecule has 2 aliphatic rings. The van der Waals surface area contributed by atoms with Crippen molar-refractivity contribution >= 4 is 91.0 Å². The van der Waals surface area contributed by atoms with Crippen molar-refractivity contribution in [3.05, 3.63) is 374 Å². The zero-order chi connectivity index (χ0) is 72.0. The first-order chi connectivity index (χ1) is 53.4. The number of ether oxygens (including phenoxy) is 2. The highest BCUT2D eigenvalue weighted by Gasteiger charge is 2.43. The van der Waals surface area contributed by atoms with Gasteiger partial charge in [-0.3, -0.25) is 0 Å². The Morgan fingerprint density at radius 1 is 0.287 bits per heavy atom. The number of carbonyl (C=O) groups excluding carboxylic acids is 2. The predicted octanol–water partition coefficient (Wildman–Crippen LogP) is 19.6. The monoisotopic (exact) mass is 1390 g/mol. The summed E-state index contributed by atoms with van der Waals surface area (Å²) < 4.78 is 14.1. The van der Waals surface area contributed by atoms with Crippen LogP contribution in [0.15, 0.2) is 352 Å². The van der Waals surface area contributed by atoms with Crippen LogP contribution in [0.3, 0.4) is 0 Å². The molecule has 14 aromatic carbocycles. The molecule has 0 spiro atoms. The third kappa shape index (κ3) is 11.9. The first-order valence-corrected chi connectivity index (χ1v) is 35.9. The van der Waals surface area contributed by atoms with E-state index in [-0.39, 0.29) is 19.9 Å². The highest BCUT2D eigenvalue weighted by atomic mass is 16.5. The fraction of sp³-hybridized carbons (Fsp3) is 0.0213. The SMILES string of the molecule is O=C(OCc1ccccc1)c1ccc2c(c1)c1cc(C(=O)OCc3ccccc3)ccc1n2-c1ccc(-c2nc(-c3ccccc3)nc(-c3ccccc3)n2)cc1-c1nc(-c2ccccc2)nc(-c2ccc(-c3cc4c5c(c3)N(c3ccccc3)c3ccccc3B5c3ccccc3N4c3ccccc3)cc2)n1. The van der Waals surface area contributed by atoms with E-state index in [9.17, 15) is 9.59 Å². The number of hydrogen-bond acceptors (Lipinski definition) is 12. The van der Waals surface area contributed by atoms with Crippen LogP contribution in [0, 0.1) is 0 Å². The summed E-state index contributed by atoms with van der Waals surface area (Å²) in [4.78, 5) is 65.3. The van der Waals surface area contributed by atoms with E-state index in [1.54, 1.807) is 12.1 Å². The molecule has 5 heterocycles. The third-order valence-electron chi connectivity index (χ3n) is 20.2. The number of nitrogens with zero attached hydrogens (tertiary/aromatic N) is 9. The highest BCUT2D eigenvalue weighted by molar-refractivity contribution is 7.00. The lowest BCUT2D eigenvalue weighted by molar-refractivity contribution is 0.0464. The Morgan fingerprint density at radius 2 is 0.639 bits per heavy atom. The molecule has 3 aromatic heterocycles. The van der Waals surface area contributed by atoms with E-state index in [2.05, 4.69) is 160 Å². The first kappa shape index (κ1) is 64.4. The van der Waals surface area contributed by atoms with E-state index >= 15 is 0 Å². The molecule has 14 heteroatoms. The quantitative estimate of drug-likeness (QED) is 0.0671. The van der Waals surface area contributed by atoms with Crippen LogP contribution in [0.4, 0.5) is 34.1 Å². The van der Waals surface area contributed by atoms with Crippen molar-refractivity contribution in [2.45, 2.75) is 13.2 Å². The van der Waals surface area contributed by atoms with E-state index in [4.69, 9.17) is 39.4 Å². The smallest absolute Gasteiger partial charge is 0.338 e. The zero-order valence-electron chi connectivity index (χ0n) is 58.1. The van der Waals surface area contributed by atoms with Crippen LogP contribution in [0.25, 0.3) is 107 Å². The maximum Gasteiger partial charge on any atom is 0.338 e. The van der Waals surface area contributed by atoms with Crippen molar-refractivity contribution in [1.29, 1.82) is 0 Å². The number of para-hydroxylation sites is 4. The normalized spacial score (nSPS) is 12.0. The number of rotatable bonds is 16. The minimum absolute atomic E-state index is 0.0366. The first-order valence-electron chi connectivity index (χ1n) is 35.9. The molecule has 0 saturated heterocycles. The molecule has 510 valence electrons.